The van der Waals surface area contributed by atoms with Gasteiger partial charge in [-0.25, -0.2) is 19.9 Å². The van der Waals surface area contributed by atoms with E-state index in [9.17, 15) is 0 Å². The Morgan fingerprint density at radius 3 is 2.76 bits per heavy atom. The van der Waals surface area contributed by atoms with Crippen LogP contribution in [0, 0.1) is 0 Å². The molecule has 1 saturated heterocycles. The van der Waals surface area contributed by atoms with Crippen molar-refractivity contribution in [3.8, 4) is 22.4 Å². The molecule has 8 heteroatoms. The molecule has 0 amide bonds. The maximum Gasteiger partial charge on any atom is 0.156 e. The van der Waals surface area contributed by atoms with Crippen LogP contribution in [0.5, 0.6) is 0 Å². The van der Waals surface area contributed by atoms with Gasteiger partial charge in [-0.05, 0) is 69.0 Å². The molecule has 0 unspecified atom stereocenters. The molecule has 0 saturated carbocycles. The number of imidazole rings is 1. The number of pyridine rings is 1. The number of aromatic nitrogens is 6. The zero-order valence-corrected chi connectivity index (χ0v) is 19.7. The van der Waals surface area contributed by atoms with Gasteiger partial charge in [0.15, 0.2) is 5.65 Å². The second-order valence-corrected chi connectivity index (χ2v) is 10.4. The van der Waals surface area contributed by atoms with Gasteiger partial charge < -0.3 is 13.9 Å². The fourth-order valence-electron chi connectivity index (χ4n) is 4.30. The molecule has 4 aromatic heterocycles. The van der Waals surface area contributed by atoms with E-state index in [4.69, 9.17) is 4.98 Å². The summed E-state index contributed by atoms with van der Waals surface area (Å²) in [5, 5.41) is 0. The SMILES string of the molecule is CC(C)(C)n1cnc2ccc(-c3c[nH]c4ncc(-c5ccnc(N6CCCS6)c5)nc34)cc21. The summed E-state index contributed by atoms with van der Waals surface area (Å²) >= 11 is 1.83. The molecule has 5 aromatic rings. The van der Waals surface area contributed by atoms with Gasteiger partial charge in [0, 0.05) is 41.4 Å². The van der Waals surface area contributed by atoms with Crippen LogP contribution in [0.15, 0.2) is 55.2 Å². The topological polar surface area (TPSA) is 75.5 Å². The Morgan fingerprint density at radius 2 is 1.94 bits per heavy atom. The molecule has 1 aromatic carbocycles. The Bertz CT molecular complexity index is 1470. The summed E-state index contributed by atoms with van der Waals surface area (Å²) in [6.07, 6.45) is 8.78. The highest BCUT2D eigenvalue weighted by Gasteiger charge is 2.19. The van der Waals surface area contributed by atoms with Crippen molar-refractivity contribution in [3.63, 3.8) is 0 Å². The number of aromatic amines is 1. The zero-order valence-electron chi connectivity index (χ0n) is 18.9. The molecule has 7 nitrogen and oxygen atoms in total. The highest BCUT2D eigenvalue weighted by Crippen LogP contribution is 2.33. The Labute approximate surface area is 196 Å². The largest absolute Gasteiger partial charge is 0.344 e. The lowest BCUT2D eigenvalue weighted by Crippen LogP contribution is -2.20. The van der Waals surface area contributed by atoms with E-state index >= 15 is 0 Å². The molecule has 0 bridgehead atoms. The number of rotatable bonds is 3. The van der Waals surface area contributed by atoms with Crippen molar-refractivity contribution in [2.45, 2.75) is 32.7 Å². The molecule has 5 heterocycles. The molecule has 0 atom stereocenters. The Hall–Kier alpha value is -3.39. The van der Waals surface area contributed by atoms with E-state index in [0.717, 1.165) is 62.7 Å². The summed E-state index contributed by atoms with van der Waals surface area (Å²) in [5.41, 5.74) is 7.69. The maximum atomic E-state index is 5.02. The molecule has 1 fully saturated rings. The minimum absolute atomic E-state index is 0.0484. The van der Waals surface area contributed by atoms with Crippen LogP contribution < -0.4 is 4.31 Å². The third-order valence-corrected chi connectivity index (χ3v) is 7.16. The van der Waals surface area contributed by atoms with E-state index in [2.05, 4.69) is 73.8 Å². The van der Waals surface area contributed by atoms with E-state index < -0.39 is 0 Å². The van der Waals surface area contributed by atoms with Crippen LogP contribution >= 0.6 is 11.9 Å². The molecule has 33 heavy (non-hydrogen) atoms. The van der Waals surface area contributed by atoms with Gasteiger partial charge in [-0.3, -0.25) is 0 Å². The van der Waals surface area contributed by atoms with Crippen molar-refractivity contribution in [1.29, 1.82) is 0 Å². The van der Waals surface area contributed by atoms with Crippen LogP contribution in [-0.4, -0.2) is 41.8 Å². The summed E-state index contributed by atoms with van der Waals surface area (Å²) in [6, 6.07) is 10.5. The number of H-pyrrole nitrogens is 1. The second-order valence-electron chi connectivity index (χ2n) is 9.34. The standard InChI is InChI=1S/C25H25N7S/c1-25(2,3)31-15-29-19-6-5-16(11-21(19)31)18-13-27-24-23(18)30-20(14-28-24)17-7-8-26-22(12-17)32-9-4-10-33-32/h5-8,11-15H,4,9-10H2,1-3H3,(H,27,28). The third-order valence-electron chi connectivity index (χ3n) is 6.01. The average Bonchev–Trinajstić information content (AvgIpc) is 3.57. The molecule has 0 aliphatic carbocycles. The second kappa shape index (κ2) is 7.59. The molecule has 1 aliphatic heterocycles. The number of hydrogen-bond donors (Lipinski definition) is 1. The lowest BCUT2D eigenvalue weighted by atomic mass is 10.1. The molecular formula is C25H25N7S. The fourth-order valence-corrected chi connectivity index (χ4v) is 5.27. The van der Waals surface area contributed by atoms with Gasteiger partial charge in [-0.2, -0.15) is 0 Å². The quantitative estimate of drug-likeness (QED) is 0.354. The Kier molecular flexibility index (Phi) is 4.65. The van der Waals surface area contributed by atoms with Crippen molar-refractivity contribution in [2.75, 3.05) is 16.6 Å². The number of fused-ring (bicyclic) bond motifs is 2. The smallest absolute Gasteiger partial charge is 0.156 e. The van der Waals surface area contributed by atoms with E-state index in [-0.39, 0.29) is 5.54 Å². The van der Waals surface area contributed by atoms with Crippen molar-refractivity contribution >= 4 is 40.0 Å². The van der Waals surface area contributed by atoms with Crippen molar-refractivity contribution < 1.29 is 0 Å². The van der Waals surface area contributed by atoms with Crippen LogP contribution in [-0.2, 0) is 5.54 Å². The average molecular weight is 456 g/mol. The molecule has 166 valence electrons. The monoisotopic (exact) mass is 455 g/mol. The van der Waals surface area contributed by atoms with Gasteiger partial charge in [0.2, 0.25) is 0 Å². The first-order valence-corrected chi connectivity index (χ1v) is 12.1. The number of anilines is 1. The summed E-state index contributed by atoms with van der Waals surface area (Å²) < 4.78 is 4.47. The first-order chi connectivity index (χ1) is 16.0. The van der Waals surface area contributed by atoms with Crippen LogP contribution in [0.25, 0.3) is 44.6 Å². The summed E-state index contributed by atoms with van der Waals surface area (Å²) in [4.78, 5) is 22.1. The molecule has 1 N–H and O–H groups in total. The van der Waals surface area contributed by atoms with Gasteiger partial charge in [0.25, 0.3) is 0 Å². The van der Waals surface area contributed by atoms with E-state index in [1.165, 1.54) is 6.42 Å². The lowest BCUT2D eigenvalue weighted by molar-refractivity contribution is 0.408. The molecule has 0 radical (unpaired) electrons. The third kappa shape index (κ3) is 3.54. The van der Waals surface area contributed by atoms with Gasteiger partial charge in [0.05, 0.1) is 29.3 Å². The summed E-state index contributed by atoms with van der Waals surface area (Å²) in [7, 11) is 0. The number of nitrogens with zero attached hydrogens (tertiary/aromatic N) is 6. The van der Waals surface area contributed by atoms with Gasteiger partial charge >= 0.3 is 0 Å². The highest BCUT2D eigenvalue weighted by molar-refractivity contribution is 8.00. The first kappa shape index (κ1) is 20.2. The summed E-state index contributed by atoms with van der Waals surface area (Å²) in [6.45, 7) is 7.59. The van der Waals surface area contributed by atoms with Crippen LogP contribution in [0.3, 0.4) is 0 Å². The highest BCUT2D eigenvalue weighted by atomic mass is 32.2. The minimum Gasteiger partial charge on any atom is -0.344 e. The van der Waals surface area contributed by atoms with Crippen molar-refractivity contribution in [2.24, 2.45) is 0 Å². The van der Waals surface area contributed by atoms with Gasteiger partial charge in [-0.1, -0.05) is 6.07 Å². The maximum absolute atomic E-state index is 5.02. The summed E-state index contributed by atoms with van der Waals surface area (Å²) in [5.74, 6) is 2.12. The molecule has 1 aliphatic rings. The molecular weight excluding hydrogens is 430 g/mol. The zero-order chi connectivity index (χ0) is 22.6. The predicted molar refractivity (Wildman–Crippen MR) is 135 cm³/mol. The van der Waals surface area contributed by atoms with Gasteiger partial charge in [-0.15, -0.1) is 0 Å². The number of benzene rings is 1. The van der Waals surface area contributed by atoms with Crippen molar-refractivity contribution in [3.05, 3.63) is 55.2 Å². The molecule has 6 rings (SSSR count). The van der Waals surface area contributed by atoms with E-state index in [1.807, 2.05) is 42.9 Å². The predicted octanol–water partition coefficient (Wildman–Crippen LogP) is 5.65. The van der Waals surface area contributed by atoms with Crippen LogP contribution in [0.4, 0.5) is 5.82 Å². The normalized spacial score (nSPS) is 14.6. The van der Waals surface area contributed by atoms with Crippen LogP contribution in [0.2, 0.25) is 0 Å². The first-order valence-electron chi connectivity index (χ1n) is 11.2. The minimum atomic E-state index is -0.0484. The molecule has 0 spiro atoms. The Balaban J connectivity index is 1.44. The lowest BCUT2D eigenvalue weighted by Gasteiger charge is -2.21. The van der Waals surface area contributed by atoms with E-state index in [1.54, 1.807) is 0 Å². The Morgan fingerprint density at radius 1 is 1.03 bits per heavy atom. The van der Waals surface area contributed by atoms with E-state index in [0.29, 0.717) is 0 Å². The van der Waals surface area contributed by atoms with Gasteiger partial charge in [0.1, 0.15) is 11.3 Å². The number of hydrogen-bond acceptors (Lipinski definition) is 6. The van der Waals surface area contributed by atoms with Crippen LogP contribution in [0.1, 0.15) is 27.2 Å². The fraction of sp³-hybridized carbons (Fsp3) is 0.280. The van der Waals surface area contributed by atoms with Crippen molar-refractivity contribution in [1.82, 2.24) is 29.5 Å². The number of nitrogens with one attached hydrogen (secondary N) is 1.